The molecule has 1 aromatic rings. The lowest BCUT2D eigenvalue weighted by Crippen LogP contribution is -2.37. The Morgan fingerprint density at radius 1 is 1.13 bits per heavy atom. The van der Waals surface area contributed by atoms with Crippen LogP contribution in [0.2, 0.25) is 10.0 Å². The largest absolute Gasteiger partial charge is 0.424 e. The Labute approximate surface area is 143 Å². The number of nitrogens with zero attached hydrogens (tertiary/aromatic N) is 1. The highest BCUT2D eigenvalue weighted by Crippen LogP contribution is 2.38. The molecule has 5 nitrogen and oxygen atoms in total. The van der Waals surface area contributed by atoms with Gasteiger partial charge in [-0.2, -0.15) is 0 Å². The molecule has 0 N–H and O–H groups in total. The molecule has 0 radical (unpaired) electrons. The first-order valence-electron chi connectivity index (χ1n) is 7.48. The van der Waals surface area contributed by atoms with E-state index in [4.69, 9.17) is 27.9 Å². The van der Waals surface area contributed by atoms with Gasteiger partial charge in [-0.1, -0.05) is 36.0 Å². The maximum atomic E-state index is 12.3. The molecular formula is C16H15Cl2NO4. The van der Waals surface area contributed by atoms with Crippen molar-refractivity contribution in [2.75, 3.05) is 6.54 Å². The fourth-order valence-corrected chi connectivity index (χ4v) is 3.68. The Morgan fingerprint density at radius 3 is 2.30 bits per heavy atom. The van der Waals surface area contributed by atoms with Gasteiger partial charge >= 0.3 is 5.97 Å². The van der Waals surface area contributed by atoms with Crippen molar-refractivity contribution in [3.63, 3.8) is 0 Å². The Morgan fingerprint density at radius 2 is 1.74 bits per heavy atom. The van der Waals surface area contributed by atoms with Crippen molar-refractivity contribution in [1.82, 2.24) is 4.90 Å². The molecule has 23 heavy (non-hydrogen) atoms. The van der Waals surface area contributed by atoms with Crippen LogP contribution in [-0.4, -0.2) is 29.2 Å². The fraction of sp³-hybridized carbons (Fsp3) is 0.438. The predicted octanol–water partition coefficient (Wildman–Crippen LogP) is 3.07. The fourth-order valence-electron chi connectivity index (χ4n) is 3.23. The van der Waals surface area contributed by atoms with E-state index in [1.807, 2.05) is 0 Å². The molecule has 122 valence electrons. The van der Waals surface area contributed by atoms with Crippen LogP contribution in [-0.2, 0) is 14.4 Å². The second kappa shape index (κ2) is 6.49. The molecule has 1 saturated heterocycles. The molecule has 1 aliphatic heterocycles. The maximum absolute atomic E-state index is 12.3. The minimum Gasteiger partial charge on any atom is -0.424 e. The minimum atomic E-state index is -0.699. The third kappa shape index (κ3) is 3.21. The van der Waals surface area contributed by atoms with Gasteiger partial charge in [0.05, 0.1) is 16.9 Å². The van der Waals surface area contributed by atoms with E-state index in [9.17, 15) is 14.4 Å². The lowest BCUT2D eigenvalue weighted by atomic mass is 9.81. The Hall–Kier alpha value is -1.59. The number of halogens is 2. The summed E-state index contributed by atoms with van der Waals surface area (Å²) in [6, 6.07) is 4.46. The van der Waals surface area contributed by atoms with Gasteiger partial charge < -0.3 is 4.74 Å². The molecule has 0 spiro atoms. The molecule has 2 fully saturated rings. The maximum Gasteiger partial charge on any atom is 0.331 e. The number of rotatable bonds is 3. The van der Waals surface area contributed by atoms with Gasteiger partial charge in [-0.05, 0) is 31.0 Å². The van der Waals surface area contributed by atoms with Crippen LogP contribution in [0.15, 0.2) is 18.2 Å². The van der Waals surface area contributed by atoms with E-state index >= 15 is 0 Å². The van der Waals surface area contributed by atoms with Gasteiger partial charge in [-0.3, -0.25) is 14.5 Å². The predicted molar refractivity (Wildman–Crippen MR) is 84.3 cm³/mol. The molecule has 2 atom stereocenters. The van der Waals surface area contributed by atoms with E-state index in [1.165, 1.54) is 18.2 Å². The first-order valence-corrected chi connectivity index (χ1v) is 8.24. The van der Waals surface area contributed by atoms with Crippen molar-refractivity contribution in [3.05, 3.63) is 28.2 Å². The highest BCUT2D eigenvalue weighted by Gasteiger charge is 2.48. The molecule has 0 bridgehead atoms. The summed E-state index contributed by atoms with van der Waals surface area (Å²) in [6.07, 6.45) is 3.31. The number of hydrogen-bond acceptors (Lipinski definition) is 4. The molecule has 1 heterocycles. The number of ether oxygens (including phenoxy) is 1. The van der Waals surface area contributed by atoms with Crippen LogP contribution in [0.5, 0.6) is 5.75 Å². The SMILES string of the molecule is O=C(CN1C(=O)C2CCCCC2C1=O)Oc1ccc(Cl)cc1Cl. The van der Waals surface area contributed by atoms with Gasteiger partial charge in [0.1, 0.15) is 12.3 Å². The highest BCUT2D eigenvalue weighted by atomic mass is 35.5. The molecule has 1 saturated carbocycles. The lowest BCUT2D eigenvalue weighted by molar-refractivity contribution is -0.148. The van der Waals surface area contributed by atoms with Gasteiger partial charge in [0, 0.05) is 5.02 Å². The van der Waals surface area contributed by atoms with Gasteiger partial charge in [-0.15, -0.1) is 0 Å². The van der Waals surface area contributed by atoms with Crippen LogP contribution >= 0.6 is 23.2 Å². The number of hydrogen-bond donors (Lipinski definition) is 0. The average Bonchev–Trinajstić information content (AvgIpc) is 2.76. The van der Waals surface area contributed by atoms with Crippen molar-refractivity contribution in [2.45, 2.75) is 25.7 Å². The summed E-state index contributed by atoms with van der Waals surface area (Å²) in [7, 11) is 0. The lowest BCUT2D eigenvalue weighted by Gasteiger charge is -2.19. The first kappa shape index (κ1) is 16.3. The van der Waals surface area contributed by atoms with E-state index in [1.54, 1.807) is 0 Å². The third-order valence-electron chi connectivity index (χ3n) is 4.34. The Balaban J connectivity index is 1.68. The summed E-state index contributed by atoms with van der Waals surface area (Å²) in [5, 5.41) is 0.613. The molecular weight excluding hydrogens is 341 g/mol. The zero-order valence-electron chi connectivity index (χ0n) is 12.3. The quantitative estimate of drug-likeness (QED) is 0.474. The van der Waals surface area contributed by atoms with Crippen LogP contribution in [0.3, 0.4) is 0 Å². The molecule has 7 heteroatoms. The number of likely N-dealkylation sites (tertiary alicyclic amines) is 1. The summed E-state index contributed by atoms with van der Waals surface area (Å²) >= 11 is 11.7. The standard InChI is InChI=1S/C16H15Cl2NO4/c17-9-5-6-13(12(18)7-9)23-14(20)8-19-15(21)10-3-1-2-4-11(10)16(19)22/h5-7,10-11H,1-4,8H2. The van der Waals surface area contributed by atoms with Crippen molar-refractivity contribution in [1.29, 1.82) is 0 Å². The molecule has 0 aromatic heterocycles. The monoisotopic (exact) mass is 355 g/mol. The van der Waals surface area contributed by atoms with Crippen molar-refractivity contribution < 1.29 is 19.1 Å². The molecule has 1 aromatic carbocycles. The second-order valence-corrected chi connectivity index (χ2v) is 6.65. The number of amides is 2. The van der Waals surface area contributed by atoms with Crippen molar-refractivity contribution in [3.8, 4) is 5.75 Å². The summed E-state index contributed by atoms with van der Waals surface area (Å²) < 4.78 is 5.14. The van der Waals surface area contributed by atoms with Crippen LogP contribution in [0.25, 0.3) is 0 Å². The average molecular weight is 356 g/mol. The van der Waals surface area contributed by atoms with Crippen molar-refractivity contribution >= 4 is 41.0 Å². The molecule has 3 rings (SSSR count). The zero-order chi connectivity index (χ0) is 16.6. The van der Waals surface area contributed by atoms with Crippen LogP contribution in [0.1, 0.15) is 25.7 Å². The van der Waals surface area contributed by atoms with Gasteiger partial charge in [0.15, 0.2) is 0 Å². The normalized spacial score (nSPS) is 23.8. The molecule has 2 amide bonds. The second-order valence-electron chi connectivity index (χ2n) is 5.81. The summed E-state index contributed by atoms with van der Waals surface area (Å²) in [5.74, 6) is -1.63. The van der Waals surface area contributed by atoms with Crippen LogP contribution in [0.4, 0.5) is 0 Å². The number of fused-ring (bicyclic) bond motifs is 1. The number of benzene rings is 1. The number of esters is 1. The topological polar surface area (TPSA) is 63.7 Å². The molecule has 2 unspecified atom stereocenters. The van der Waals surface area contributed by atoms with E-state index in [-0.39, 0.29) is 41.0 Å². The van der Waals surface area contributed by atoms with E-state index in [0.717, 1.165) is 17.7 Å². The highest BCUT2D eigenvalue weighted by molar-refractivity contribution is 6.35. The Kier molecular flexibility index (Phi) is 4.60. The van der Waals surface area contributed by atoms with Crippen molar-refractivity contribution in [2.24, 2.45) is 11.8 Å². The van der Waals surface area contributed by atoms with Gasteiger partial charge in [0.25, 0.3) is 0 Å². The number of carbonyl (C=O) groups is 3. The Bertz CT molecular complexity index is 652. The van der Waals surface area contributed by atoms with E-state index in [0.29, 0.717) is 17.9 Å². The molecule has 1 aliphatic carbocycles. The molecule has 2 aliphatic rings. The van der Waals surface area contributed by atoms with Gasteiger partial charge in [-0.25, -0.2) is 4.79 Å². The third-order valence-corrected chi connectivity index (χ3v) is 4.87. The van der Waals surface area contributed by atoms with Crippen LogP contribution in [0, 0.1) is 11.8 Å². The van der Waals surface area contributed by atoms with Crippen LogP contribution < -0.4 is 4.74 Å². The summed E-state index contributed by atoms with van der Waals surface area (Å²) in [6.45, 7) is -0.385. The number of carbonyl (C=O) groups excluding carboxylic acids is 3. The number of imide groups is 1. The summed E-state index contributed by atoms with van der Waals surface area (Å²) in [4.78, 5) is 37.7. The van der Waals surface area contributed by atoms with E-state index < -0.39 is 5.97 Å². The smallest absolute Gasteiger partial charge is 0.331 e. The van der Waals surface area contributed by atoms with Gasteiger partial charge in [0.2, 0.25) is 11.8 Å². The summed E-state index contributed by atoms with van der Waals surface area (Å²) in [5.41, 5.74) is 0. The zero-order valence-corrected chi connectivity index (χ0v) is 13.8. The first-order chi connectivity index (χ1) is 11.0. The minimum absolute atomic E-state index is 0.151. The van der Waals surface area contributed by atoms with E-state index in [2.05, 4.69) is 0 Å².